The van der Waals surface area contributed by atoms with Crippen molar-refractivity contribution in [3.05, 3.63) is 0 Å². The van der Waals surface area contributed by atoms with Crippen LogP contribution in [-0.4, -0.2) is 42.3 Å². The van der Waals surface area contributed by atoms with Crippen molar-refractivity contribution in [2.45, 2.75) is 57.0 Å². The molecule has 1 unspecified atom stereocenters. The lowest BCUT2D eigenvalue weighted by atomic mass is 10.9. The second kappa shape index (κ2) is 7.27. The zero-order valence-electron chi connectivity index (χ0n) is 12.2. The number of hydrogen-bond donors (Lipinski definition) is 0. The van der Waals surface area contributed by atoms with Crippen LogP contribution in [0.5, 0.6) is 0 Å². The highest BCUT2D eigenvalue weighted by atomic mass is 28.4. The fourth-order valence-corrected chi connectivity index (χ4v) is 17.7. The van der Waals surface area contributed by atoms with Gasteiger partial charge in [-0.25, -0.2) is 0 Å². The molecule has 0 saturated carbocycles. The van der Waals surface area contributed by atoms with E-state index in [2.05, 4.69) is 39.3 Å². The molecular formula is C10H30O2Si4. The Balaban J connectivity index is 3.95. The van der Waals surface area contributed by atoms with E-state index in [4.69, 9.17) is 8.54 Å². The second-order valence-electron chi connectivity index (χ2n) is 5.94. The molecule has 0 bridgehead atoms. The molecule has 0 aliphatic rings. The molecule has 2 nitrogen and oxygen atoms in total. The van der Waals surface area contributed by atoms with Crippen LogP contribution in [0, 0.1) is 0 Å². The topological polar surface area (TPSA) is 18.5 Å². The first-order valence-corrected chi connectivity index (χ1v) is 17.5. The maximum atomic E-state index is 6.40. The predicted molar refractivity (Wildman–Crippen MR) is 84.9 cm³/mol. The average molecular weight is 295 g/mol. The van der Waals surface area contributed by atoms with E-state index >= 15 is 0 Å². The van der Waals surface area contributed by atoms with Crippen molar-refractivity contribution < 1.29 is 8.54 Å². The smallest absolute Gasteiger partial charge is 0.186 e. The summed E-state index contributed by atoms with van der Waals surface area (Å²) in [6.45, 7) is 14.2. The van der Waals surface area contributed by atoms with Crippen molar-refractivity contribution in [2.24, 2.45) is 0 Å². The molecule has 0 rings (SSSR count). The van der Waals surface area contributed by atoms with E-state index in [0.717, 1.165) is 0 Å². The Morgan fingerprint density at radius 2 is 1.69 bits per heavy atom. The largest absolute Gasteiger partial charge is 0.458 e. The first-order valence-electron chi connectivity index (χ1n) is 6.45. The van der Waals surface area contributed by atoms with E-state index in [0.29, 0.717) is 0 Å². The molecule has 0 aliphatic heterocycles. The summed E-state index contributed by atoms with van der Waals surface area (Å²) in [6, 6.07) is 2.57. The van der Waals surface area contributed by atoms with E-state index in [1.807, 2.05) is 7.11 Å². The Hall–Kier alpha value is 0.788. The molecule has 1 atom stereocenters. The third-order valence-corrected chi connectivity index (χ3v) is 18.3. The SMILES string of the molecule is CO[Si](C)(C)CC[SiH](C)O[Si](C)(C)C[SiH2]C. The molecule has 0 aromatic heterocycles. The highest BCUT2D eigenvalue weighted by Crippen LogP contribution is 2.18. The van der Waals surface area contributed by atoms with Crippen LogP contribution < -0.4 is 0 Å². The Kier molecular flexibility index (Phi) is 7.63. The first kappa shape index (κ1) is 16.8. The van der Waals surface area contributed by atoms with Gasteiger partial charge in [0, 0.05) is 16.6 Å². The van der Waals surface area contributed by atoms with Gasteiger partial charge in [-0.05, 0) is 50.5 Å². The second-order valence-corrected chi connectivity index (χ2v) is 20.0. The van der Waals surface area contributed by atoms with Crippen molar-refractivity contribution in [1.29, 1.82) is 0 Å². The van der Waals surface area contributed by atoms with Gasteiger partial charge in [0.15, 0.2) is 25.7 Å². The van der Waals surface area contributed by atoms with Gasteiger partial charge < -0.3 is 8.54 Å². The summed E-state index contributed by atoms with van der Waals surface area (Å²) in [6.07, 6.45) is 0. The van der Waals surface area contributed by atoms with Gasteiger partial charge in [0.1, 0.15) is 0 Å². The Morgan fingerprint density at radius 3 is 2.12 bits per heavy atom. The summed E-state index contributed by atoms with van der Waals surface area (Å²) in [5.41, 5.74) is 1.44. The van der Waals surface area contributed by atoms with Crippen LogP contribution in [0.3, 0.4) is 0 Å². The summed E-state index contributed by atoms with van der Waals surface area (Å²) < 4.78 is 12.0. The third kappa shape index (κ3) is 7.96. The number of rotatable bonds is 8. The van der Waals surface area contributed by atoms with Crippen molar-refractivity contribution >= 4 is 35.2 Å². The molecule has 0 N–H and O–H groups in total. The highest BCUT2D eigenvalue weighted by Gasteiger charge is 2.26. The molecule has 0 aromatic rings. The van der Waals surface area contributed by atoms with E-state index in [-0.39, 0.29) is 9.52 Å². The van der Waals surface area contributed by atoms with Gasteiger partial charge in [-0.15, -0.1) is 0 Å². The zero-order chi connectivity index (χ0) is 12.8. The van der Waals surface area contributed by atoms with Gasteiger partial charge >= 0.3 is 0 Å². The van der Waals surface area contributed by atoms with Gasteiger partial charge in [0.25, 0.3) is 0 Å². The van der Waals surface area contributed by atoms with Crippen LogP contribution in [0.1, 0.15) is 0 Å². The van der Waals surface area contributed by atoms with Crippen LogP contribution >= 0.6 is 0 Å². The number of hydrogen-bond acceptors (Lipinski definition) is 2. The lowest BCUT2D eigenvalue weighted by molar-refractivity contribution is 0.404. The van der Waals surface area contributed by atoms with Crippen LogP contribution in [0.15, 0.2) is 0 Å². The van der Waals surface area contributed by atoms with E-state index in [9.17, 15) is 0 Å². The maximum absolute atomic E-state index is 6.40. The van der Waals surface area contributed by atoms with Gasteiger partial charge in [-0.1, -0.05) is 6.55 Å². The molecule has 0 saturated heterocycles. The molecular weight excluding hydrogens is 264 g/mol. The van der Waals surface area contributed by atoms with Gasteiger partial charge in [-0.3, -0.25) is 0 Å². The van der Waals surface area contributed by atoms with Crippen molar-refractivity contribution in [3.8, 4) is 0 Å². The normalized spacial score (nSPS) is 15.9. The molecule has 0 radical (unpaired) electrons. The monoisotopic (exact) mass is 294 g/mol. The lowest BCUT2D eigenvalue weighted by Crippen LogP contribution is -2.39. The minimum absolute atomic E-state index is 0.164. The van der Waals surface area contributed by atoms with Gasteiger partial charge in [0.2, 0.25) is 0 Å². The lowest BCUT2D eigenvalue weighted by Gasteiger charge is -2.28. The molecule has 6 heteroatoms. The Labute approximate surface area is 108 Å². The van der Waals surface area contributed by atoms with E-state index < -0.39 is 25.7 Å². The van der Waals surface area contributed by atoms with Crippen LogP contribution in [0.2, 0.25) is 57.0 Å². The third-order valence-electron chi connectivity index (χ3n) is 3.08. The molecule has 16 heavy (non-hydrogen) atoms. The maximum Gasteiger partial charge on any atom is 0.186 e. The fourth-order valence-electron chi connectivity index (χ4n) is 1.92. The van der Waals surface area contributed by atoms with Crippen molar-refractivity contribution in [2.75, 3.05) is 7.11 Å². The average Bonchev–Trinajstić information content (AvgIpc) is 2.14. The zero-order valence-corrected chi connectivity index (χ0v) is 16.8. The predicted octanol–water partition coefficient (Wildman–Crippen LogP) is 2.59. The first-order chi connectivity index (χ1) is 7.22. The van der Waals surface area contributed by atoms with Crippen molar-refractivity contribution in [1.82, 2.24) is 0 Å². The molecule has 0 aliphatic carbocycles. The highest BCUT2D eigenvalue weighted by molar-refractivity contribution is 6.84. The summed E-state index contributed by atoms with van der Waals surface area (Å²) in [4.78, 5) is 0. The van der Waals surface area contributed by atoms with Crippen LogP contribution in [-0.2, 0) is 8.54 Å². The fraction of sp³-hybridized carbons (Fsp3) is 1.00. The quantitative estimate of drug-likeness (QED) is 0.641. The minimum Gasteiger partial charge on any atom is -0.458 e. The molecule has 0 aromatic carbocycles. The minimum atomic E-state index is -1.36. The Morgan fingerprint density at radius 1 is 1.12 bits per heavy atom. The molecule has 0 spiro atoms. The molecule has 0 amide bonds. The summed E-state index contributed by atoms with van der Waals surface area (Å²) in [7, 11) is -1.54. The van der Waals surface area contributed by atoms with Crippen LogP contribution in [0.4, 0.5) is 0 Å². The molecule has 0 heterocycles. The summed E-state index contributed by atoms with van der Waals surface area (Å²) in [5, 5.41) is 0. The molecule has 0 fully saturated rings. The van der Waals surface area contributed by atoms with Crippen LogP contribution in [0.25, 0.3) is 0 Å². The van der Waals surface area contributed by atoms with E-state index in [1.54, 1.807) is 0 Å². The summed E-state index contributed by atoms with van der Waals surface area (Å²) in [5.74, 6) is 0. The van der Waals surface area contributed by atoms with E-state index in [1.165, 1.54) is 17.8 Å². The Bertz CT molecular complexity index is 197. The molecule has 98 valence electrons. The van der Waals surface area contributed by atoms with Gasteiger partial charge in [0.05, 0.1) is 0 Å². The standard InChI is InChI=1S/C10H30O2Si4/c1-11-15(4,5)9-8-14(3)12-16(6,7)10-13-2/h14H,8-10,13H2,1-7H3. The van der Waals surface area contributed by atoms with Gasteiger partial charge in [-0.2, -0.15) is 0 Å². The van der Waals surface area contributed by atoms with Crippen molar-refractivity contribution in [3.63, 3.8) is 0 Å². The summed E-state index contributed by atoms with van der Waals surface area (Å²) >= 11 is 0.